The van der Waals surface area contributed by atoms with Crippen LogP contribution >= 0.6 is 0 Å². The van der Waals surface area contributed by atoms with Crippen molar-refractivity contribution >= 4 is 26.0 Å². The van der Waals surface area contributed by atoms with Crippen LogP contribution in [0.1, 0.15) is 11.1 Å². The molecule has 1 fully saturated rings. The monoisotopic (exact) mass is 513 g/mol. The van der Waals surface area contributed by atoms with Gasteiger partial charge in [-0.15, -0.1) is 0 Å². The van der Waals surface area contributed by atoms with Gasteiger partial charge in [-0.25, -0.2) is 16.8 Å². The molecule has 1 saturated heterocycles. The lowest BCUT2D eigenvalue weighted by Crippen LogP contribution is -2.61. The highest BCUT2D eigenvalue weighted by atomic mass is 32.2. The molecule has 4 rings (SSSR count). The molecule has 10 heteroatoms. The minimum absolute atomic E-state index is 0.0519. The number of hydrogen-bond donors (Lipinski definition) is 1. The van der Waals surface area contributed by atoms with Crippen molar-refractivity contribution in [1.82, 2.24) is 13.9 Å². The van der Waals surface area contributed by atoms with Crippen LogP contribution in [0.4, 0.5) is 0 Å². The van der Waals surface area contributed by atoms with Crippen LogP contribution < -0.4 is 5.32 Å². The van der Waals surface area contributed by atoms with Crippen molar-refractivity contribution in [1.29, 1.82) is 0 Å². The zero-order valence-electron chi connectivity index (χ0n) is 19.2. The van der Waals surface area contributed by atoms with Gasteiger partial charge >= 0.3 is 0 Å². The summed E-state index contributed by atoms with van der Waals surface area (Å²) in [6.07, 6.45) is 0. The first-order chi connectivity index (χ1) is 16.7. The normalized spacial score (nSPS) is 17.7. The van der Waals surface area contributed by atoms with E-state index in [2.05, 4.69) is 5.32 Å². The average molecular weight is 514 g/mol. The van der Waals surface area contributed by atoms with Crippen molar-refractivity contribution in [2.45, 2.75) is 29.3 Å². The van der Waals surface area contributed by atoms with Crippen molar-refractivity contribution < 1.29 is 21.6 Å². The molecule has 184 valence electrons. The van der Waals surface area contributed by atoms with Crippen molar-refractivity contribution in [3.05, 3.63) is 96.1 Å². The van der Waals surface area contributed by atoms with Crippen molar-refractivity contribution in [2.24, 2.45) is 0 Å². The maximum absolute atomic E-state index is 13.4. The molecule has 35 heavy (non-hydrogen) atoms. The molecule has 0 bridgehead atoms. The summed E-state index contributed by atoms with van der Waals surface area (Å²) in [5.41, 5.74) is 1.88. The number of carbonyl (C=O) groups excluding carboxylic acids is 1. The molecule has 0 aliphatic carbocycles. The molecule has 1 N–H and O–H groups in total. The molecule has 8 nitrogen and oxygen atoms in total. The van der Waals surface area contributed by atoms with Crippen molar-refractivity contribution in [3.8, 4) is 0 Å². The van der Waals surface area contributed by atoms with Crippen LogP contribution in [0.25, 0.3) is 0 Å². The molecule has 1 heterocycles. The fourth-order valence-corrected chi connectivity index (χ4v) is 7.09. The Hall–Kier alpha value is -3.05. The Morgan fingerprint density at radius 2 is 1.34 bits per heavy atom. The van der Waals surface area contributed by atoms with E-state index in [9.17, 15) is 21.6 Å². The molecule has 0 aromatic heterocycles. The lowest BCUT2D eigenvalue weighted by Gasteiger charge is -2.39. The molecular weight excluding hydrogens is 486 g/mol. The van der Waals surface area contributed by atoms with E-state index >= 15 is 0 Å². The number of sulfonamides is 2. The van der Waals surface area contributed by atoms with E-state index in [1.165, 1.54) is 28.6 Å². The summed E-state index contributed by atoms with van der Waals surface area (Å²) in [4.78, 5) is 13.5. The summed E-state index contributed by atoms with van der Waals surface area (Å²) in [5.74, 6) is -0.555. The van der Waals surface area contributed by atoms with Gasteiger partial charge < -0.3 is 5.32 Å². The Labute approximate surface area is 206 Å². The van der Waals surface area contributed by atoms with Gasteiger partial charge in [0.05, 0.1) is 9.79 Å². The highest BCUT2D eigenvalue weighted by Crippen LogP contribution is 2.25. The minimum atomic E-state index is -4.03. The number of hydrogen-bond acceptors (Lipinski definition) is 5. The summed E-state index contributed by atoms with van der Waals surface area (Å²) in [6, 6.07) is 22.1. The summed E-state index contributed by atoms with van der Waals surface area (Å²) < 4.78 is 55.6. The number of benzene rings is 3. The highest BCUT2D eigenvalue weighted by Gasteiger charge is 2.43. The second-order valence-corrected chi connectivity index (χ2v) is 12.1. The van der Waals surface area contributed by atoms with E-state index in [1.807, 2.05) is 31.2 Å². The third-order valence-electron chi connectivity index (χ3n) is 6.04. The third-order valence-corrected chi connectivity index (χ3v) is 9.84. The Morgan fingerprint density at radius 1 is 0.800 bits per heavy atom. The molecule has 1 atom stereocenters. The standard InChI is InChI=1S/C25H27N3O5S2/c1-20-10-8-9-11-21(20)18-26-25(29)24-19-27(34(30,31)22-12-4-2-5-13-22)16-17-28(24)35(32,33)23-14-6-3-7-15-23/h2-15,24H,16-19H2,1H3,(H,26,29)/t24-/m0/s1. The van der Waals surface area contributed by atoms with Crippen molar-refractivity contribution in [2.75, 3.05) is 19.6 Å². The molecule has 1 aliphatic rings. The predicted octanol–water partition coefficient (Wildman–Crippen LogP) is 2.38. The summed E-state index contributed by atoms with van der Waals surface area (Å²) in [7, 11) is -7.93. The van der Waals surface area contributed by atoms with E-state index in [4.69, 9.17) is 0 Å². The molecular formula is C25H27N3O5S2. The van der Waals surface area contributed by atoms with Crippen molar-refractivity contribution in [3.63, 3.8) is 0 Å². The molecule has 1 amide bonds. The van der Waals surface area contributed by atoms with Crippen LogP contribution in [0, 0.1) is 6.92 Å². The number of rotatable bonds is 7. The van der Waals surface area contributed by atoms with Gasteiger partial charge in [0, 0.05) is 26.2 Å². The van der Waals surface area contributed by atoms with Crippen LogP contribution in [0.2, 0.25) is 0 Å². The largest absolute Gasteiger partial charge is 0.351 e. The summed E-state index contributed by atoms with van der Waals surface area (Å²) in [6.45, 7) is 1.62. The molecule has 0 spiro atoms. The molecule has 3 aromatic rings. The highest BCUT2D eigenvalue weighted by molar-refractivity contribution is 7.89. The fraction of sp³-hybridized carbons (Fsp3) is 0.240. The number of amides is 1. The van der Waals surface area contributed by atoms with Gasteiger partial charge in [0.25, 0.3) is 0 Å². The first-order valence-corrected chi connectivity index (χ1v) is 14.0. The average Bonchev–Trinajstić information content (AvgIpc) is 2.88. The van der Waals surface area contributed by atoms with Crippen LogP contribution in [0.15, 0.2) is 94.7 Å². The zero-order valence-corrected chi connectivity index (χ0v) is 20.9. The first-order valence-electron chi connectivity index (χ1n) is 11.2. The van der Waals surface area contributed by atoms with Gasteiger partial charge in [0.15, 0.2) is 0 Å². The van der Waals surface area contributed by atoms with E-state index in [0.717, 1.165) is 15.4 Å². The molecule has 0 radical (unpaired) electrons. The minimum Gasteiger partial charge on any atom is -0.351 e. The molecule has 3 aromatic carbocycles. The fourth-order valence-electron chi connectivity index (χ4n) is 4.04. The Bertz CT molecular complexity index is 1400. The number of piperazine rings is 1. The Balaban J connectivity index is 1.64. The van der Waals surface area contributed by atoms with Gasteiger partial charge in [-0.05, 0) is 42.3 Å². The van der Waals surface area contributed by atoms with E-state index in [0.29, 0.717) is 0 Å². The summed E-state index contributed by atoms with van der Waals surface area (Å²) in [5, 5.41) is 2.81. The lowest BCUT2D eigenvalue weighted by molar-refractivity contribution is -0.126. The number of nitrogens with zero attached hydrogens (tertiary/aromatic N) is 2. The maximum atomic E-state index is 13.4. The van der Waals surface area contributed by atoms with E-state index in [-0.39, 0.29) is 36.0 Å². The molecule has 0 saturated carbocycles. The van der Waals surface area contributed by atoms with Gasteiger partial charge in [0.1, 0.15) is 6.04 Å². The first kappa shape index (κ1) is 25.1. The van der Waals surface area contributed by atoms with Crippen LogP contribution in [-0.2, 0) is 31.4 Å². The quantitative estimate of drug-likeness (QED) is 0.523. The van der Waals surface area contributed by atoms with Gasteiger partial charge in [-0.2, -0.15) is 8.61 Å². The van der Waals surface area contributed by atoms with Crippen LogP contribution in [0.3, 0.4) is 0 Å². The zero-order chi connectivity index (χ0) is 25.1. The molecule has 0 unspecified atom stereocenters. The van der Waals surface area contributed by atoms with Crippen LogP contribution in [0.5, 0.6) is 0 Å². The number of carbonyl (C=O) groups is 1. The summed E-state index contributed by atoms with van der Waals surface area (Å²) >= 11 is 0. The SMILES string of the molecule is Cc1ccccc1CNC(=O)[C@@H]1CN(S(=O)(=O)c2ccccc2)CCN1S(=O)(=O)c1ccccc1. The van der Waals surface area contributed by atoms with Gasteiger partial charge in [0.2, 0.25) is 26.0 Å². The molecule has 1 aliphatic heterocycles. The second kappa shape index (κ2) is 10.3. The maximum Gasteiger partial charge on any atom is 0.243 e. The topological polar surface area (TPSA) is 104 Å². The van der Waals surface area contributed by atoms with E-state index in [1.54, 1.807) is 36.4 Å². The predicted molar refractivity (Wildman–Crippen MR) is 132 cm³/mol. The smallest absolute Gasteiger partial charge is 0.243 e. The lowest BCUT2D eigenvalue weighted by atomic mass is 10.1. The van der Waals surface area contributed by atoms with E-state index < -0.39 is 32.0 Å². The number of aryl methyl sites for hydroxylation is 1. The second-order valence-electron chi connectivity index (χ2n) is 8.27. The third kappa shape index (κ3) is 5.30. The Kier molecular flexibility index (Phi) is 7.36. The number of nitrogens with one attached hydrogen (secondary N) is 1. The van der Waals surface area contributed by atoms with Crippen LogP contribution in [-0.4, -0.2) is 57.0 Å². The van der Waals surface area contributed by atoms with Gasteiger partial charge in [-0.1, -0.05) is 60.7 Å². The van der Waals surface area contributed by atoms with Gasteiger partial charge in [-0.3, -0.25) is 4.79 Å². The Morgan fingerprint density at radius 3 is 1.94 bits per heavy atom.